The highest BCUT2D eigenvalue weighted by atomic mass is 79.9. The molecule has 3 nitrogen and oxygen atoms in total. The lowest BCUT2D eigenvalue weighted by Crippen LogP contribution is -2.03. The Labute approximate surface area is 139 Å². The van der Waals surface area contributed by atoms with Crippen LogP contribution in [0.4, 0.5) is 5.82 Å². The van der Waals surface area contributed by atoms with E-state index in [2.05, 4.69) is 70.2 Å². The molecule has 0 saturated carbocycles. The first kappa shape index (κ1) is 16.3. The van der Waals surface area contributed by atoms with Crippen LogP contribution in [0.2, 0.25) is 0 Å². The van der Waals surface area contributed by atoms with Crippen LogP contribution in [-0.4, -0.2) is 16.5 Å². The topological polar surface area (TPSA) is 37.8 Å². The van der Waals surface area contributed by atoms with Crippen molar-refractivity contribution in [1.29, 1.82) is 0 Å². The van der Waals surface area contributed by atoms with E-state index in [9.17, 15) is 0 Å². The first-order chi connectivity index (χ1) is 10.1. The van der Waals surface area contributed by atoms with Crippen LogP contribution >= 0.6 is 27.7 Å². The molecular weight excluding hydrogens is 346 g/mol. The molecule has 0 aliphatic rings. The van der Waals surface area contributed by atoms with Crippen LogP contribution in [0, 0.1) is 13.8 Å². The minimum Gasteiger partial charge on any atom is -0.369 e. The predicted octanol–water partition coefficient (Wildman–Crippen LogP) is 4.97. The predicted molar refractivity (Wildman–Crippen MR) is 94.0 cm³/mol. The van der Waals surface area contributed by atoms with Gasteiger partial charge in [0.05, 0.1) is 4.47 Å². The molecule has 1 N–H and O–H groups in total. The molecule has 21 heavy (non-hydrogen) atoms. The average molecular weight is 366 g/mol. The van der Waals surface area contributed by atoms with Gasteiger partial charge >= 0.3 is 0 Å². The Morgan fingerprint density at radius 2 is 1.86 bits per heavy atom. The molecular formula is C16H20BrN3S. The third-order valence-corrected chi connectivity index (χ3v) is 5.03. The van der Waals surface area contributed by atoms with Crippen LogP contribution in [0.3, 0.4) is 0 Å². The number of rotatable bonds is 6. The first-order valence-electron chi connectivity index (χ1n) is 7.04. The lowest BCUT2D eigenvalue weighted by atomic mass is 10.1. The van der Waals surface area contributed by atoms with Crippen LogP contribution in [-0.2, 0) is 5.75 Å². The second-order valence-corrected chi connectivity index (χ2v) is 6.81. The summed E-state index contributed by atoms with van der Waals surface area (Å²) in [7, 11) is 0. The zero-order chi connectivity index (χ0) is 15.2. The molecule has 0 bridgehead atoms. The minimum absolute atomic E-state index is 0.870. The molecule has 2 aromatic rings. The number of aromatic nitrogens is 2. The van der Waals surface area contributed by atoms with Crippen LogP contribution in [0.1, 0.15) is 30.0 Å². The van der Waals surface area contributed by atoms with Gasteiger partial charge in [-0.05, 0) is 41.8 Å². The Balaban J connectivity index is 2.09. The smallest absolute Gasteiger partial charge is 0.144 e. The molecule has 0 amide bonds. The summed E-state index contributed by atoms with van der Waals surface area (Å²) in [5.41, 5.74) is 3.93. The van der Waals surface area contributed by atoms with Crippen molar-refractivity contribution < 1.29 is 0 Å². The number of benzene rings is 1. The van der Waals surface area contributed by atoms with E-state index in [-0.39, 0.29) is 0 Å². The van der Waals surface area contributed by atoms with Crippen molar-refractivity contribution >= 4 is 33.5 Å². The van der Waals surface area contributed by atoms with E-state index in [0.29, 0.717) is 0 Å². The quantitative estimate of drug-likeness (QED) is 0.579. The molecule has 0 aliphatic heterocycles. The molecule has 0 aliphatic carbocycles. The van der Waals surface area contributed by atoms with Crippen molar-refractivity contribution in [1.82, 2.24) is 9.97 Å². The molecule has 0 spiro atoms. The number of anilines is 1. The summed E-state index contributed by atoms with van der Waals surface area (Å²) < 4.78 is 0.952. The third kappa shape index (κ3) is 4.71. The van der Waals surface area contributed by atoms with Gasteiger partial charge in [0.25, 0.3) is 0 Å². The fraction of sp³-hybridized carbons (Fsp3) is 0.375. The maximum Gasteiger partial charge on any atom is 0.144 e. The summed E-state index contributed by atoms with van der Waals surface area (Å²) in [6.45, 7) is 7.32. The number of nitrogens with one attached hydrogen (secondary N) is 1. The van der Waals surface area contributed by atoms with Crippen molar-refractivity contribution in [3.63, 3.8) is 0 Å². The standard InChI is InChI=1S/C16H20BrN3S/c1-4-5-18-15-14(17)16(20-10-19-15)21-9-13-7-11(2)6-12(3)8-13/h6-8,10H,4-5,9H2,1-3H3,(H,18,19,20). The fourth-order valence-corrected chi connectivity index (χ4v) is 3.63. The Hall–Kier alpha value is -1.07. The van der Waals surface area contributed by atoms with E-state index in [1.807, 2.05) is 0 Å². The van der Waals surface area contributed by atoms with Gasteiger partial charge < -0.3 is 5.32 Å². The van der Waals surface area contributed by atoms with E-state index in [0.717, 1.165) is 34.0 Å². The minimum atomic E-state index is 0.870. The van der Waals surface area contributed by atoms with Crippen molar-refractivity contribution in [2.75, 3.05) is 11.9 Å². The summed E-state index contributed by atoms with van der Waals surface area (Å²) in [5.74, 6) is 1.78. The van der Waals surface area contributed by atoms with Crippen molar-refractivity contribution in [2.45, 2.75) is 38.0 Å². The second-order valence-electron chi connectivity index (χ2n) is 5.05. The summed E-state index contributed by atoms with van der Waals surface area (Å²) >= 11 is 5.33. The lowest BCUT2D eigenvalue weighted by Gasteiger charge is -2.10. The van der Waals surface area contributed by atoms with Gasteiger partial charge in [-0.2, -0.15) is 0 Å². The summed E-state index contributed by atoms with van der Waals surface area (Å²) in [5, 5.41) is 4.28. The van der Waals surface area contributed by atoms with Gasteiger partial charge in [-0.1, -0.05) is 36.2 Å². The third-order valence-electron chi connectivity index (χ3n) is 2.96. The Bertz CT molecular complexity index is 596. The van der Waals surface area contributed by atoms with E-state index in [1.54, 1.807) is 18.1 Å². The van der Waals surface area contributed by atoms with E-state index in [4.69, 9.17) is 0 Å². The van der Waals surface area contributed by atoms with E-state index >= 15 is 0 Å². The maximum absolute atomic E-state index is 4.37. The van der Waals surface area contributed by atoms with Gasteiger partial charge in [0.2, 0.25) is 0 Å². The van der Waals surface area contributed by atoms with Gasteiger partial charge in [-0.15, -0.1) is 11.8 Å². The van der Waals surface area contributed by atoms with Gasteiger partial charge in [0, 0.05) is 12.3 Å². The number of aryl methyl sites for hydroxylation is 2. The van der Waals surface area contributed by atoms with Crippen LogP contribution in [0.15, 0.2) is 34.0 Å². The van der Waals surface area contributed by atoms with Crippen LogP contribution < -0.4 is 5.32 Å². The highest BCUT2D eigenvalue weighted by Crippen LogP contribution is 2.32. The number of hydrogen-bond donors (Lipinski definition) is 1. The van der Waals surface area contributed by atoms with Gasteiger partial charge in [0.15, 0.2) is 0 Å². The van der Waals surface area contributed by atoms with Gasteiger partial charge in [0.1, 0.15) is 17.2 Å². The molecule has 1 aromatic heterocycles. The molecule has 0 radical (unpaired) electrons. The van der Waals surface area contributed by atoms with Gasteiger partial charge in [-0.3, -0.25) is 0 Å². The fourth-order valence-electron chi connectivity index (χ4n) is 2.12. The lowest BCUT2D eigenvalue weighted by molar-refractivity contribution is 0.946. The normalized spacial score (nSPS) is 10.7. The molecule has 0 atom stereocenters. The second kappa shape index (κ2) is 7.80. The molecule has 0 fully saturated rings. The zero-order valence-corrected chi connectivity index (χ0v) is 15.0. The Morgan fingerprint density at radius 1 is 1.14 bits per heavy atom. The van der Waals surface area contributed by atoms with Gasteiger partial charge in [-0.25, -0.2) is 9.97 Å². The molecule has 0 unspecified atom stereocenters. The number of halogens is 1. The van der Waals surface area contributed by atoms with E-state index < -0.39 is 0 Å². The Kier molecular flexibility index (Phi) is 6.06. The van der Waals surface area contributed by atoms with Crippen molar-refractivity contribution in [3.05, 3.63) is 45.7 Å². The molecule has 1 aromatic carbocycles. The molecule has 1 heterocycles. The van der Waals surface area contributed by atoms with Crippen LogP contribution in [0.5, 0.6) is 0 Å². The Morgan fingerprint density at radius 3 is 2.52 bits per heavy atom. The average Bonchev–Trinajstić information content (AvgIpc) is 2.44. The monoisotopic (exact) mass is 365 g/mol. The SMILES string of the molecule is CCCNc1ncnc(SCc2cc(C)cc(C)c2)c1Br. The molecule has 5 heteroatoms. The maximum atomic E-state index is 4.37. The largest absolute Gasteiger partial charge is 0.369 e. The summed E-state index contributed by atoms with van der Waals surface area (Å²) in [4.78, 5) is 8.65. The first-order valence-corrected chi connectivity index (χ1v) is 8.82. The molecule has 112 valence electrons. The van der Waals surface area contributed by atoms with E-state index in [1.165, 1.54) is 16.7 Å². The molecule has 2 rings (SSSR count). The summed E-state index contributed by atoms with van der Waals surface area (Å²) in [6, 6.07) is 6.65. The molecule has 0 saturated heterocycles. The number of thioether (sulfide) groups is 1. The highest BCUT2D eigenvalue weighted by Gasteiger charge is 2.09. The van der Waals surface area contributed by atoms with Crippen LogP contribution in [0.25, 0.3) is 0 Å². The highest BCUT2D eigenvalue weighted by molar-refractivity contribution is 9.10. The van der Waals surface area contributed by atoms with Crippen molar-refractivity contribution in [2.24, 2.45) is 0 Å². The number of hydrogen-bond acceptors (Lipinski definition) is 4. The zero-order valence-electron chi connectivity index (χ0n) is 12.6. The summed E-state index contributed by atoms with van der Waals surface area (Å²) in [6.07, 6.45) is 2.69. The van der Waals surface area contributed by atoms with Crippen molar-refractivity contribution in [3.8, 4) is 0 Å². The number of nitrogens with zero attached hydrogens (tertiary/aromatic N) is 2.